The van der Waals surface area contributed by atoms with E-state index in [2.05, 4.69) is 15.3 Å². The van der Waals surface area contributed by atoms with E-state index in [1.54, 1.807) is 11.9 Å². The fourth-order valence-electron chi connectivity index (χ4n) is 4.97. The molecule has 2 fully saturated rings. The molecule has 1 saturated carbocycles. The van der Waals surface area contributed by atoms with Crippen LogP contribution in [0.4, 0.5) is 4.39 Å². The second-order valence-corrected chi connectivity index (χ2v) is 9.72. The van der Waals surface area contributed by atoms with Crippen molar-refractivity contribution >= 4 is 29.8 Å². The third-order valence-corrected chi connectivity index (χ3v) is 7.01. The van der Waals surface area contributed by atoms with Crippen LogP contribution in [0.2, 0.25) is 5.28 Å². The van der Waals surface area contributed by atoms with Crippen molar-refractivity contribution in [1.82, 2.24) is 25.2 Å². The minimum atomic E-state index is -0.687. The van der Waals surface area contributed by atoms with E-state index >= 15 is 4.39 Å². The second-order valence-electron chi connectivity index (χ2n) is 9.38. The lowest BCUT2D eigenvalue weighted by molar-refractivity contribution is -0.155. The molecule has 1 aromatic rings. The Morgan fingerprint density at radius 1 is 1.26 bits per heavy atom. The van der Waals surface area contributed by atoms with Crippen LogP contribution in [0.3, 0.4) is 0 Å². The first-order valence-corrected chi connectivity index (χ1v) is 12.3. The smallest absolute Gasteiger partial charge is 0.233 e. The minimum absolute atomic E-state index is 0.0417. The highest BCUT2D eigenvalue weighted by Crippen LogP contribution is 2.31. The molecule has 0 unspecified atom stereocenters. The molecular weight excluding hydrogens is 465 g/mol. The summed E-state index contributed by atoms with van der Waals surface area (Å²) in [6, 6.07) is 0. The molecule has 0 aromatic carbocycles. The summed E-state index contributed by atoms with van der Waals surface area (Å²) in [6.45, 7) is 0.324. The fourth-order valence-corrected chi connectivity index (χ4v) is 5.17. The summed E-state index contributed by atoms with van der Waals surface area (Å²) < 4.78 is 15.2. The zero-order valence-electron chi connectivity index (χ0n) is 19.5. The lowest BCUT2D eigenvalue weighted by Gasteiger charge is -2.22. The number of rotatable bonds is 10. The van der Waals surface area contributed by atoms with Crippen LogP contribution in [-0.4, -0.2) is 63.5 Å². The molecule has 1 aromatic heterocycles. The molecule has 11 heteroatoms. The Kier molecular flexibility index (Phi) is 9.58. The predicted octanol–water partition coefficient (Wildman–Crippen LogP) is 2.73. The van der Waals surface area contributed by atoms with Gasteiger partial charge in [-0.25, -0.2) is 19.4 Å². The molecular formula is C23H33ClFN5O4. The van der Waals surface area contributed by atoms with Gasteiger partial charge in [0.15, 0.2) is 5.82 Å². The van der Waals surface area contributed by atoms with Crippen LogP contribution in [0.5, 0.6) is 0 Å². The SMILES string of the molecule is CN1CCCC[C@H](Cc2nc(Cl)nc(CNC(=O)[C@H](CC3CCCC3)CN(O)C=O)c2F)C1=O. The van der Waals surface area contributed by atoms with Gasteiger partial charge in [0.2, 0.25) is 23.5 Å². The van der Waals surface area contributed by atoms with E-state index in [1.807, 2.05) is 0 Å². The maximum Gasteiger partial charge on any atom is 0.233 e. The van der Waals surface area contributed by atoms with Crippen molar-refractivity contribution < 1.29 is 24.0 Å². The molecule has 2 N–H and O–H groups in total. The molecule has 3 rings (SSSR count). The molecule has 0 bridgehead atoms. The summed E-state index contributed by atoms with van der Waals surface area (Å²) in [6.07, 6.45) is 7.54. The van der Waals surface area contributed by atoms with Gasteiger partial charge in [-0.15, -0.1) is 0 Å². The van der Waals surface area contributed by atoms with Gasteiger partial charge in [-0.2, -0.15) is 0 Å². The van der Waals surface area contributed by atoms with Crippen LogP contribution in [-0.2, 0) is 27.3 Å². The van der Waals surface area contributed by atoms with Crippen LogP contribution in [0.1, 0.15) is 62.8 Å². The highest BCUT2D eigenvalue weighted by atomic mass is 35.5. The minimum Gasteiger partial charge on any atom is -0.350 e. The van der Waals surface area contributed by atoms with E-state index in [-0.39, 0.29) is 54.4 Å². The van der Waals surface area contributed by atoms with Gasteiger partial charge in [0.05, 0.1) is 24.7 Å². The normalized spacial score (nSPS) is 20.2. The monoisotopic (exact) mass is 497 g/mol. The first-order chi connectivity index (χ1) is 16.3. The fraction of sp³-hybridized carbons (Fsp3) is 0.696. The zero-order valence-corrected chi connectivity index (χ0v) is 20.3. The number of hydrogen-bond donors (Lipinski definition) is 2. The number of carbonyl (C=O) groups is 3. The van der Waals surface area contributed by atoms with Crippen molar-refractivity contribution in [3.05, 3.63) is 22.5 Å². The quantitative estimate of drug-likeness (QED) is 0.222. The summed E-state index contributed by atoms with van der Waals surface area (Å²) in [5.41, 5.74) is -0.00322. The van der Waals surface area contributed by atoms with Crippen LogP contribution >= 0.6 is 11.6 Å². The molecule has 0 radical (unpaired) electrons. The van der Waals surface area contributed by atoms with Gasteiger partial charge in [0, 0.05) is 25.9 Å². The molecule has 34 heavy (non-hydrogen) atoms. The summed E-state index contributed by atoms with van der Waals surface area (Å²) in [7, 11) is 1.74. The average molecular weight is 498 g/mol. The summed E-state index contributed by atoms with van der Waals surface area (Å²) in [4.78, 5) is 45.9. The van der Waals surface area contributed by atoms with Gasteiger partial charge in [-0.05, 0) is 36.8 Å². The number of amides is 3. The van der Waals surface area contributed by atoms with Crippen LogP contribution < -0.4 is 5.32 Å². The van der Waals surface area contributed by atoms with Crippen molar-refractivity contribution in [2.24, 2.45) is 17.8 Å². The van der Waals surface area contributed by atoms with E-state index in [0.717, 1.165) is 38.5 Å². The number of hydroxylamine groups is 2. The van der Waals surface area contributed by atoms with E-state index in [1.165, 1.54) is 0 Å². The van der Waals surface area contributed by atoms with Gasteiger partial charge in [0.25, 0.3) is 0 Å². The molecule has 1 aliphatic carbocycles. The number of aromatic nitrogens is 2. The Morgan fingerprint density at radius 3 is 2.65 bits per heavy atom. The van der Waals surface area contributed by atoms with Crippen LogP contribution in [0, 0.1) is 23.6 Å². The average Bonchev–Trinajstić information content (AvgIpc) is 3.28. The van der Waals surface area contributed by atoms with Gasteiger partial charge < -0.3 is 10.2 Å². The molecule has 0 spiro atoms. The Bertz CT molecular complexity index is 883. The summed E-state index contributed by atoms with van der Waals surface area (Å²) in [5.74, 6) is -1.79. The Morgan fingerprint density at radius 2 is 1.94 bits per heavy atom. The van der Waals surface area contributed by atoms with Crippen molar-refractivity contribution in [3.8, 4) is 0 Å². The Hall–Kier alpha value is -2.33. The van der Waals surface area contributed by atoms with Crippen molar-refractivity contribution in [2.75, 3.05) is 20.1 Å². The number of carbonyl (C=O) groups excluding carboxylic acids is 3. The predicted molar refractivity (Wildman–Crippen MR) is 122 cm³/mol. The van der Waals surface area contributed by atoms with Crippen molar-refractivity contribution in [1.29, 1.82) is 0 Å². The molecule has 2 aliphatic rings. The third kappa shape index (κ3) is 7.09. The number of hydrogen-bond acceptors (Lipinski definition) is 6. The molecule has 1 aliphatic heterocycles. The Balaban J connectivity index is 1.69. The Labute approximate surface area is 204 Å². The van der Waals surface area contributed by atoms with E-state index in [9.17, 15) is 19.6 Å². The molecule has 188 valence electrons. The largest absolute Gasteiger partial charge is 0.350 e. The molecule has 2 heterocycles. The number of nitrogens with one attached hydrogen (secondary N) is 1. The molecule has 9 nitrogen and oxygen atoms in total. The molecule has 2 atom stereocenters. The van der Waals surface area contributed by atoms with Gasteiger partial charge >= 0.3 is 0 Å². The van der Waals surface area contributed by atoms with E-state index < -0.39 is 17.6 Å². The first-order valence-electron chi connectivity index (χ1n) is 11.9. The lowest BCUT2D eigenvalue weighted by atomic mass is 9.92. The molecule has 3 amide bonds. The summed E-state index contributed by atoms with van der Waals surface area (Å²) in [5, 5.41) is 12.6. The second kappa shape index (κ2) is 12.4. The number of likely N-dealkylation sites (tertiary alicyclic amines) is 1. The highest BCUT2D eigenvalue weighted by Gasteiger charge is 2.29. The van der Waals surface area contributed by atoms with Crippen molar-refractivity contribution in [3.63, 3.8) is 0 Å². The molecule has 1 saturated heterocycles. The zero-order chi connectivity index (χ0) is 24.7. The van der Waals surface area contributed by atoms with E-state index in [4.69, 9.17) is 11.6 Å². The third-order valence-electron chi connectivity index (χ3n) is 6.85. The summed E-state index contributed by atoms with van der Waals surface area (Å²) >= 11 is 6.04. The number of nitrogens with zero attached hydrogens (tertiary/aromatic N) is 4. The van der Waals surface area contributed by atoms with Gasteiger partial charge in [-0.1, -0.05) is 32.1 Å². The van der Waals surface area contributed by atoms with Gasteiger partial charge in [-0.3, -0.25) is 19.6 Å². The highest BCUT2D eigenvalue weighted by molar-refractivity contribution is 6.28. The van der Waals surface area contributed by atoms with Crippen LogP contribution in [0.15, 0.2) is 0 Å². The van der Waals surface area contributed by atoms with Crippen LogP contribution in [0.25, 0.3) is 0 Å². The van der Waals surface area contributed by atoms with E-state index in [0.29, 0.717) is 30.4 Å². The standard InChI is InChI=1S/C23H33ClFN5O4/c1-29-9-5-4-8-16(22(29)33)11-18-20(25)19(28-23(24)27-18)12-26-21(32)17(13-30(34)14-31)10-15-6-2-3-7-15/h14-17,34H,2-13H2,1H3,(H,26,32)/t16-,17-/m1/s1. The van der Waals surface area contributed by atoms with Crippen molar-refractivity contribution in [2.45, 2.75) is 64.3 Å². The maximum atomic E-state index is 15.2. The topological polar surface area (TPSA) is 116 Å². The lowest BCUT2D eigenvalue weighted by Crippen LogP contribution is -2.38. The number of halogens is 2. The van der Waals surface area contributed by atoms with Gasteiger partial charge in [0.1, 0.15) is 5.69 Å². The first kappa shape index (κ1) is 26.3. The maximum absolute atomic E-state index is 15.2.